The molecule has 1 amide bonds. The standard InChI is InChI=1S/C13H17BrN2O5S/c1-2-3-4-11(13(18)19)16-22(20,21)10-6-8(12(15)17)5-9(14)7-10/h5-7,11,16H,2-4H2,1H3,(H2,15,17)(H,18,19)/t11-/m0/s1. The molecule has 1 atom stereocenters. The summed E-state index contributed by atoms with van der Waals surface area (Å²) in [7, 11) is -4.08. The summed E-state index contributed by atoms with van der Waals surface area (Å²) in [4.78, 5) is 22.1. The van der Waals surface area contributed by atoms with Crippen molar-refractivity contribution in [2.75, 3.05) is 0 Å². The fourth-order valence-corrected chi connectivity index (χ4v) is 3.69. The minimum Gasteiger partial charge on any atom is -0.480 e. The van der Waals surface area contributed by atoms with Gasteiger partial charge in [-0.1, -0.05) is 35.7 Å². The number of unbranched alkanes of at least 4 members (excludes halogenated alkanes) is 1. The molecule has 0 saturated heterocycles. The molecule has 0 bridgehead atoms. The second-order valence-corrected chi connectivity index (χ2v) is 7.32. The Bertz CT molecular complexity index is 675. The van der Waals surface area contributed by atoms with Gasteiger partial charge in [-0.25, -0.2) is 8.42 Å². The average Bonchev–Trinajstić information content (AvgIpc) is 2.42. The Morgan fingerprint density at radius 3 is 2.50 bits per heavy atom. The van der Waals surface area contributed by atoms with E-state index in [1.54, 1.807) is 0 Å². The monoisotopic (exact) mass is 392 g/mol. The van der Waals surface area contributed by atoms with Crippen molar-refractivity contribution < 1.29 is 23.1 Å². The van der Waals surface area contributed by atoms with Gasteiger partial charge in [0.1, 0.15) is 6.04 Å². The minimum absolute atomic E-state index is 0.00943. The van der Waals surface area contributed by atoms with Gasteiger partial charge < -0.3 is 10.8 Å². The first kappa shape index (κ1) is 18.6. The number of carboxylic acids is 1. The highest BCUT2D eigenvalue weighted by atomic mass is 79.9. The number of carbonyl (C=O) groups is 2. The van der Waals surface area contributed by atoms with E-state index in [2.05, 4.69) is 20.7 Å². The molecule has 22 heavy (non-hydrogen) atoms. The van der Waals surface area contributed by atoms with Gasteiger partial charge in [-0.15, -0.1) is 0 Å². The Balaban J connectivity index is 3.12. The number of rotatable bonds is 8. The van der Waals surface area contributed by atoms with Crippen molar-refractivity contribution in [3.8, 4) is 0 Å². The number of amides is 1. The van der Waals surface area contributed by atoms with Crippen LogP contribution in [-0.2, 0) is 14.8 Å². The third-order valence-electron chi connectivity index (χ3n) is 2.91. The van der Waals surface area contributed by atoms with Gasteiger partial charge in [-0.05, 0) is 24.6 Å². The van der Waals surface area contributed by atoms with E-state index in [4.69, 9.17) is 10.8 Å². The lowest BCUT2D eigenvalue weighted by Gasteiger charge is -2.15. The van der Waals surface area contributed by atoms with Gasteiger partial charge in [0, 0.05) is 10.0 Å². The molecule has 9 heteroatoms. The molecule has 0 saturated carbocycles. The highest BCUT2D eigenvalue weighted by molar-refractivity contribution is 9.10. The Kier molecular flexibility index (Phi) is 6.51. The van der Waals surface area contributed by atoms with Crippen molar-refractivity contribution in [2.45, 2.75) is 37.1 Å². The van der Waals surface area contributed by atoms with Gasteiger partial charge in [0.05, 0.1) is 4.90 Å². The largest absolute Gasteiger partial charge is 0.480 e. The van der Waals surface area contributed by atoms with E-state index < -0.39 is 27.9 Å². The molecule has 0 spiro atoms. The van der Waals surface area contributed by atoms with Crippen LogP contribution in [0.3, 0.4) is 0 Å². The first-order valence-corrected chi connectivity index (χ1v) is 8.80. The molecule has 122 valence electrons. The summed E-state index contributed by atoms with van der Waals surface area (Å²) in [5.74, 6) is -2.03. The predicted molar refractivity (Wildman–Crippen MR) is 83.9 cm³/mol. The summed E-state index contributed by atoms with van der Waals surface area (Å²) in [5.41, 5.74) is 5.15. The quantitative estimate of drug-likeness (QED) is 0.617. The third kappa shape index (κ3) is 5.08. The van der Waals surface area contributed by atoms with Crippen LogP contribution in [0.1, 0.15) is 36.5 Å². The fraction of sp³-hybridized carbons (Fsp3) is 0.385. The maximum atomic E-state index is 12.3. The van der Waals surface area contributed by atoms with E-state index >= 15 is 0 Å². The molecule has 0 heterocycles. The number of benzene rings is 1. The van der Waals surface area contributed by atoms with E-state index in [1.165, 1.54) is 12.1 Å². The molecule has 7 nitrogen and oxygen atoms in total. The van der Waals surface area contributed by atoms with Gasteiger partial charge in [0.15, 0.2) is 0 Å². The number of sulfonamides is 1. The molecule has 0 fully saturated rings. The molecule has 4 N–H and O–H groups in total. The average molecular weight is 393 g/mol. The van der Waals surface area contributed by atoms with Gasteiger partial charge in [0.25, 0.3) is 0 Å². The number of aliphatic carboxylic acids is 1. The summed E-state index contributed by atoms with van der Waals surface area (Å²) in [5, 5.41) is 9.10. The van der Waals surface area contributed by atoms with Crippen molar-refractivity contribution in [2.24, 2.45) is 5.73 Å². The second-order valence-electron chi connectivity index (χ2n) is 4.69. The van der Waals surface area contributed by atoms with Gasteiger partial charge in [-0.2, -0.15) is 4.72 Å². The number of primary amides is 1. The Morgan fingerprint density at radius 1 is 1.36 bits per heavy atom. The molecule has 0 aliphatic carbocycles. The Morgan fingerprint density at radius 2 is 2.00 bits per heavy atom. The maximum Gasteiger partial charge on any atom is 0.321 e. The zero-order valence-electron chi connectivity index (χ0n) is 11.9. The molecular formula is C13H17BrN2O5S. The van der Waals surface area contributed by atoms with Crippen LogP contribution in [0.2, 0.25) is 0 Å². The Hall–Kier alpha value is -1.45. The lowest BCUT2D eigenvalue weighted by Crippen LogP contribution is -2.40. The van der Waals surface area contributed by atoms with E-state index in [0.717, 1.165) is 12.5 Å². The lowest BCUT2D eigenvalue weighted by atomic mass is 10.1. The zero-order chi connectivity index (χ0) is 16.9. The van der Waals surface area contributed by atoms with Crippen LogP contribution >= 0.6 is 15.9 Å². The first-order chi connectivity index (χ1) is 10.2. The summed E-state index contributed by atoms with van der Waals surface area (Å²) >= 11 is 3.09. The molecular weight excluding hydrogens is 376 g/mol. The lowest BCUT2D eigenvalue weighted by molar-refractivity contribution is -0.139. The molecule has 1 aromatic rings. The zero-order valence-corrected chi connectivity index (χ0v) is 14.3. The molecule has 0 aliphatic rings. The number of nitrogens with two attached hydrogens (primary N) is 1. The normalized spacial score (nSPS) is 12.8. The van der Waals surface area contributed by atoms with E-state index in [0.29, 0.717) is 10.9 Å². The van der Waals surface area contributed by atoms with Crippen LogP contribution in [0.4, 0.5) is 0 Å². The van der Waals surface area contributed by atoms with Gasteiger partial charge in [0.2, 0.25) is 15.9 Å². The second kappa shape index (κ2) is 7.70. The molecule has 1 rings (SSSR count). The van der Waals surface area contributed by atoms with Crippen molar-refractivity contribution in [3.63, 3.8) is 0 Å². The van der Waals surface area contributed by atoms with Crippen molar-refractivity contribution >= 4 is 37.8 Å². The molecule has 0 unspecified atom stereocenters. The summed E-state index contributed by atoms with van der Waals surface area (Å²) in [6.07, 6.45) is 1.50. The van der Waals surface area contributed by atoms with Crippen molar-refractivity contribution in [1.29, 1.82) is 0 Å². The maximum absolute atomic E-state index is 12.3. The Labute approximate surface area is 137 Å². The smallest absolute Gasteiger partial charge is 0.321 e. The number of carbonyl (C=O) groups excluding carboxylic acids is 1. The van der Waals surface area contributed by atoms with Gasteiger partial charge >= 0.3 is 5.97 Å². The molecule has 0 aromatic heterocycles. The SMILES string of the molecule is CCCC[C@H](NS(=O)(=O)c1cc(Br)cc(C(N)=O)c1)C(=O)O. The summed E-state index contributed by atoms with van der Waals surface area (Å²) in [6.45, 7) is 1.88. The number of carboxylic acid groups (broad SMARTS) is 1. The number of hydrogen-bond acceptors (Lipinski definition) is 4. The molecule has 1 aromatic carbocycles. The van der Waals surface area contributed by atoms with Crippen LogP contribution < -0.4 is 10.5 Å². The third-order valence-corrected chi connectivity index (χ3v) is 4.82. The topological polar surface area (TPSA) is 127 Å². The van der Waals surface area contributed by atoms with E-state index in [-0.39, 0.29) is 16.9 Å². The van der Waals surface area contributed by atoms with Crippen LogP contribution in [0, 0.1) is 0 Å². The van der Waals surface area contributed by atoms with Crippen LogP contribution in [-0.4, -0.2) is 31.4 Å². The van der Waals surface area contributed by atoms with Crippen molar-refractivity contribution in [3.05, 3.63) is 28.2 Å². The fourth-order valence-electron chi connectivity index (χ4n) is 1.76. The van der Waals surface area contributed by atoms with E-state index in [9.17, 15) is 18.0 Å². The number of nitrogens with one attached hydrogen (secondary N) is 1. The van der Waals surface area contributed by atoms with Crippen LogP contribution in [0.25, 0.3) is 0 Å². The minimum atomic E-state index is -4.08. The highest BCUT2D eigenvalue weighted by Crippen LogP contribution is 2.20. The summed E-state index contributed by atoms with van der Waals surface area (Å²) in [6, 6.07) is 2.54. The van der Waals surface area contributed by atoms with Crippen molar-refractivity contribution in [1.82, 2.24) is 4.72 Å². The molecule has 0 aliphatic heterocycles. The number of hydrogen-bond donors (Lipinski definition) is 3. The molecule has 0 radical (unpaired) electrons. The van der Waals surface area contributed by atoms with Gasteiger partial charge in [-0.3, -0.25) is 9.59 Å². The van der Waals surface area contributed by atoms with Crippen LogP contribution in [0.5, 0.6) is 0 Å². The number of halogens is 1. The predicted octanol–water partition coefficient (Wildman–Crippen LogP) is 1.47. The first-order valence-electron chi connectivity index (χ1n) is 6.53. The highest BCUT2D eigenvalue weighted by Gasteiger charge is 2.25. The van der Waals surface area contributed by atoms with Crippen LogP contribution in [0.15, 0.2) is 27.6 Å². The summed E-state index contributed by atoms with van der Waals surface area (Å²) < 4.78 is 27.1. The van der Waals surface area contributed by atoms with E-state index in [1.807, 2.05) is 6.92 Å².